The van der Waals surface area contributed by atoms with Crippen molar-refractivity contribution in [3.8, 4) is 0 Å². The summed E-state index contributed by atoms with van der Waals surface area (Å²) in [5.41, 5.74) is -0.633. The number of rotatable bonds is 5. The molecule has 1 aromatic heterocycles. The summed E-state index contributed by atoms with van der Waals surface area (Å²) in [6.45, 7) is -0.165. The lowest BCUT2D eigenvalue weighted by Gasteiger charge is -2.12. The Bertz CT molecular complexity index is 823. The highest BCUT2D eigenvalue weighted by Crippen LogP contribution is 2.30. The number of benzene rings is 1. The van der Waals surface area contributed by atoms with Crippen LogP contribution in [0.1, 0.15) is 11.3 Å². The molecule has 0 bridgehead atoms. The van der Waals surface area contributed by atoms with E-state index in [4.69, 9.17) is 0 Å². The zero-order valence-corrected chi connectivity index (χ0v) is 13.7. The van der Waals surface area contributed by atoms with Crippen LogP contribution >= 0.6 is 0 Å². The van der Waals surface area contributed by atoms with E-state index in [0.29, 0.717) is 17.7 Å². The van der Waals surface area contributed by atoms with Crippen LogP contribution in [0.15, 0.2) is 41.4 Å². The van der Waals surface area contributed by atoms with Crippen molar-refractivity contribution >= 4 is 16.0 Å². The molecule has 6 nitrogen and oxygen atoms in total. The molecule has 0 amide bonds. The van der Waals surface area contributed by atoms with Crippen molar-refractivity contribution in [1.82, 2.24) is 14.7 Å². The molecule has 0 aliphatic carbocycles. The van der Waals surface area contributed by atoms with Gasteiger partial charge in [0.25, 0.3) is 0 Å². The zero-order valence-electron chi connectivity index (χ0n) is 12.9. The van der Waals surface area contributed by atoms with Crippen LogP contribution in [-0.4, -0.2) is 32.5 Å². The number of halogens is 3. The van der Waals surface area contributed by atoms with Crippen LogP contribution in [0.25, 0.3) is 0 Å². The average molecular weight is 360 g/mol. The fraction of sp³-hybridized carbons (Fsp3) is 0.286. The highest BCUT2D eigenvalue weighted by Gasteiger charge is 2.31. The molecule has 0 aliphatic heterocycles. The molecular weight excluding hydrogens is 345 g/mol. The van der Waals surface area contributed by atoms with Gasteiger partial charge in [-0.25, -0.2) is 23.1 Å². The van der Waals surface area contributed by atoms with Gasteiger partial charge in [-0.05, 0) is 24.3 Å². The Kier molecular flexibility index (Phi) is 5.09. The molecule has 10 heteroatoms. The summed E-state index contributed by atoms with van der Waals surface area (Å²) < 4.78 is 64.6. The summed E-state index contributed by atoms with van der Waals surface area (Å²) in [4.78, 5) is 9.31. The zero-order chi connectivity index (χ0) is 18.0. The van der Waals surface area contributed by atoms with Crippen LogP contribution in [0.3, 0.4) is 0 Å². The fourth-order valence-electron chi connectivity index (χ4n) is 1.79. The Morgan fingerprint density at radius 2 is 1.92 bits per heavy atom. The van der Waals surface area contributed by atoms with Gasteiger partial charge in [0, 0.05) is 20.3 Å². The largest absolute Gasteiger partial charge is 0.416 e. The first-order valence-electron chi connectivity index (χ1n) is 6.76. The molecule has 1 N–H and O–H groups in total. The van der Waals surface area contributed by atoms with Crippen LogP contribution in [0.2, 0.25) is 0 Å². The first-order valence-corrected chi connectivity index (χ1v) is 8.24. The van der Waals surface area contributed by atoms with E-state index < -0.39 is 26.7 Å². The summed E-state index contributed by atoms with van der Waals surface area (Å²) in [5.74, 6) is 0.394. The molecule has 0 aliphatic rings. The molecule has 0 fully saturated rings. The van der Waals surface area contributed by atoms with Crippen molar-refractivity contribution in [3.05, 3.63) is 47.8 Å². The molecule has 0 unspecified atom stereocenters. The van der Waals surface area contributed by atoms with Gasteiger partial charge in [0.05, 0.1) is 22.7 Å². The van der Waals surface area contributed by atoms with Crippen molar-refractivity contribution in [2.75, 3.05) is 19.0 Å². The number of hydrogen-bond donors (Lipinski definition) is 1. The summed E-state index contributed by atoms with van der Waals surface area (Å²) in [6.07, 6.45) is -3.14. The second kappa shape index (κ2) is 6.73. The number of aromatic nitrogens is 2. The van der Waals surface area contributed by atoms with Crippen LogP contribution in [0.5, 0.6) is 0 Å². The van der Waals surface area contributed by atoms with Gasteiger partial charge in [-0.3, -0.25) is 0 Å². The molecule has 130 valence electrons. The molecule has 0 spiro atoms. The smallest absolute Gasteiger partial charge is 0.347 e. The van der Waals surface area contributed by atoms with Crippen molar-refractivity contribution in [1.29, 1.82) is 0 Å². The number of hydrogen-bond acceptors (Lipinski definition) is 5. The van der Waals surface area contributed by atoms with Crippen molar-refractivity contribution in [2.24, 2.45) is 0 Å². The summed E-state index contributed by atoms with van der Waals surface area (Å²) in [5, 5.41) is 0. The SMILES string of the molecule is CN(C)c1nccc(CNS(=O)(=O)c2cccc(C(F)(F)F)c2)n1. The number of sulfonamides is 1. The Hall–Kier alpha value is -2.20. The summed E-state index contributed by atoms with van der Waals surface area (Å²) >= 11 is 0. The fourth-order valence-corrected chi connectivity index (χ4v) is 2.83. The third-order valence-electron chi connectivity index (χ3n) is 3.02. The van der Waals surface area contributed by atoms with E-state index >= 15 is 0 Å². The first kappa shape index (κ1) is 18.1. The van der Waals surface area contributed by atoms with Gasteiger partial charge < -0.3 is 4.90 Å². The minimum absolute atomic E-state index is 0.165. The standard InChI is InChI=1S/C14H15F3N4O2S/c1-21(2)13-18-7-6-11(20-13)9-19-24(22,23)12-5-3-4-10(8-12)14(15,16)17/h3-8,19H,9H2,1-2H3. The Morgan fingerprint density at radius 1 is 1.21 bits per heavy atom. The maximum Gasteiger partial charge on any atom is 0.416 e. The van der Waals surface area contributed by atoms with Crippen molar-refractivity contribution in [2.45, 2.75) is 17.6 Å². The third kappa shape index (κ3) is 4.42. The van der Waals surface area contributed by atoms with Crippen molar-refractivity contribution < 1.29 is 21.6 Å². The van der Waals surface area contributed by atoms with E-state index in [9.17, 15) is 21.6 Å². The van der Waals surface area contributed by atoms with E-state index in [1.54, 1.807) is 19.0 Å². The minimum Gasteiger partial charge on any atom is -0.347 e. The number of anilines is 1. The molecule has 0 saturated heterocycles. The molecule has 0 atom stereocenters. The highest BCUT2D eigenvalue weighted by atomic mass is 32.2. The molecule has 1 aromatic carbocycles. The topological polar surface area (TPSA) is 75.2 Å². The lowest BCUT2D eigenvalue weighted by Crippen LogP contribution is -2.24. The van der Waals surface area contributed by atoms with E-state index in [1.807, 2.05) is 0 Å². The number of alkyl halides is 3. The van der Waals surface area contributed by atoms with Gasteiger partial charge in [-0.15, -0.1) is 0 Å². The highest BCUT2D eigenvalue weighted by molar-refractivity contribution is 7.89. The Labute approximate surface area is 137 Å². The maximum absolute atomic E-state index is 12.7. The molecule has 1 heterocycles. The lowest BCUT2D eigenvalue weighted by atomic mass is 10.2. The van der Waals surface area contributed by atoms with Gasteiger partial charge in [0.2, 0.25) is 16.0 Å². The lowest BCUT2D eigenvalue weighted by molar-refractivity contribution is -0.137. The van der Waals surface area contributed by atoms with E-state index in [0.717, 1.165) is 18.2 Å². The monoisotopic (exact) mass is 360 g/mol. The van der Waals surface area contributed by atoms with Crippen LogP contribution in [0.4, 0.5) is 19.1 Å². The molecule has 2 aromatic rings. The van der Waals surface area contributed by atoms with Gasteiger partial charge in [0.1, 0.15) is 0 Å². The Morgan fingerprint density at radius 3 is 2.54 bits per heavy atom. The number of nitrogens with zero attached hydrogens (tertiary/aromatic N) is 3. The minimum atomic E-state index is -4.61. The predicted molar refractivity (Wildman–Crippen MR) is 81.8 cm³/mol. The maximum atomic E-state index is 12.7. The van der Waals surface area contributed by atoms with Gasteiger partial charge in [-0.1, -0.05) is 6.07 Å². The molecular formula is C14H15F3N4O2S. The van der Waals surface area contributed by atoms with E-state index in [2.05, 4.69) is 14.7 Å². The molecule has 24 heavy (non-hydrogen) atoms. The quantitative estimate of drug-likeness (QED) is 0.883. The normalized spacial score (nSPS) is 12.2. The predicted octanol–water partition coefficient (Wildman–Crippen LogP) is 2.04. The summed E-state index contributed by atoms with van der Waals surface area (Å²) in [7, 11) is -0.642. The molecule has 2 rings (SSSR count). The summed E-state index contributed by atoms with van der Waals surface area (Å²) in [6, 6.07) is 5.07. The van der Waals surface area contributed by atoms with Gasteiger partial charge in [0.15, 0.2) is 0 Å². The first-order chi connectivity index (χ1) is 11.1. The van der Waals surface area contributed by atoms with E-state index in [-0.39, 0.29) is 6.54 Å². The average Bonchev–Trinajstić information content (AvgIpc) is 2.53. The molecule has 0 radical (unpaired) electrons. The van der Waals surface area contributed by atoms with Crippen molar-refractivity contribution in [3.63, 3.8) is 0 Å². The van der Waals surface area contributed by atoms with Crippen LogP contribution < -0.4 is 9.62 Å². The van der Waals surface area contributed by atoms with Crippen LogP contribution in [0, 0.1) is 0 Å². The van der Waals surface area contributed by atoms with E-state index in [1.165, 1.54) is 12.3 Å². The third-order valence-corrected chi connectivity index (χ3v) is 4.41. The second-order valence-electron chi connectivity index (χ2n) is 5.09. The van der Waals surface area contributed by atoms with Gasteiger partial charge in [-0.2, -0.15) is 13.2 Å². The second-order valence-corrected chi connectivity index (χ2v) is 6.86. The Balaban J connectivity index is 2.19. The number of nitrogens with one attached hydrogen (secondary N) is 1. The van der Waals surface area contributed by atoms with Gasteiger partial charge >= 0.3 is 6.18 Å². The van der Waals surface area contributed by atoms with Crippen LogP contribution in [-0.2, 0) is 22.7 Å². The molecule has 0 saturated carbocycles.